The summed E-state index contributed by atoms with van der Waals surface area (Å²) in [5.41, 5.74) is 1.69. The zero-order chi connectivity index (χ0) is 16.1. The van der Waals surface area contributed by atoms with E-state index in [2.05, 4.69) is 27.9 Å². The van der Waals surface area contributed by atoms with Gasteiger partial charge in [-0.2, -0.15) is 0 Å². The number of amides is 1. The highest BCUT2D eigenvalue weighted by molar-refractivity contribution is 14.1. The van der Waals surface area contributed by atoms with Crippen LogP contribution in [-0.2, 0) is 4.79 Å². The van der Waals surface area contributed by atoms with Crippen LogP contribution in [0, 0.1) is 10.5 Å². The first kappa shape index (κ1) is 17.1. The molecule has 0 aromatic heterocycles. The monoisotopic (exact) mass is 429 g/mol. The Labute approximate surface area is 149 Å². The highest BCUT2D eigenvalue weighted by atomic mass is 127. The molecule has 0 aliphatic heterocycles. The lowest BCUT2D eigenvalue weighted by molar-refractivity contribution is -0.122. The first-order valence-corrected chi connectivity index (χ1v) is 8.44. The van der Waals surface area contributed by atoms with Crippen LogP contribution in [0.2, 0.25) is 5.02 Å². The summed E-state index contributed by atoms with van der Waals surface area (Å²) < 4.78 is 6.91. The Morgan fingerprint density at radius 1 is 1.27 bits per heavy atom. The van der Waals surface area contributed by atoms with Gasteiger partial charge >= 0.3 is 0 Å². The third-order valence-corrected chi connectivity index (χ3v) is 4.33. The first-order chi connectivity index (χ1) is 10.5. The second kappa shape index (κ2) is 7.83. The van der Waals surface area contributed by atoms with Crippen LogP contribution >= 0.6 is 34.2 Å². The summed E-state index contributed by atoms with van der Waals surface area (Å²) in [6, 6.07) is 13.0. The smallest absolute Gasteiger partial charge is 0.265 e. The molecule has 5 heteroatoms. The van der Waals surface area contributed by atoms with Crippen LogP contribution in [-0.4, -0.2) is 12.0 Å². The fraction of sp³-hybridized carbons (Fsp3) is 0.235. The van der Waals surface area contributed by atoms with Gasteiger partial charge in [0, 0.05) is 14.3 Å². The number of rotatable bonds is 5. The van der Waals surface area contributed by atoms with E-state index >= 15 is 0 Å². The molecule has 116 valence electrons. The number of halogens is 2. The van der Waals surface area contributed by atoms with E-state index in [9.17, 15) is 4.79 Å². The van der Waals surface area contributed by atoms with Crippen molar-refractivity contribution in [3.05, 3.63) is 56.6 Å². The number of anilines is 1. The maximum absolute atomic E-state index is 12.3. The summed E-state index contributed by atoms with van der Waals surface area (Å²) in [5.74, 6) is 0.489. The Morgan fingerprint density at radius 3 is 2.55 bits per heavy atom. The molecule has 0 spiro atoms. The van der Waals surface area contributed by atoms with Gasteiger partial charge in [0.05, 0.1) is 0 Å². The number of carbonyl (C=O) groups is 1. The van der Waals surface area contributed by atoms with Gasteiger partial charge in [0.25, 0.3) is 5.91 Å². The van der Waals surface area contributed by atoms with Crippen molar-refractivity contribution in [1.29, 1.82) is 0 Å². The van der Waals surface area contributed by atoms with E-state index in [1.54, 1.807) is 12.1 Å². The molecule has 1 amide bonds. The van der Waals surface area contributed by atoms with E-state index in [1.807, 2.05) is 44.2 Å². The molecule has 0 aliphatic rings. The summed E-state index contributed by atoms with van der Waals surface area (Å²) >= 11 is 8.22. The molecule has 2 aromatic carbocycles. The minimum Gasteiger partial charge on any atom is -0.481 e. The van der Waals surface area contributed by atoms with Crippen molar-refractivity contribution in [3.63, 3.8) is 0 Å². The number of aryl methyl sites for hydroxylation is 1. The maximum atomic E-state index is 12.3. The molecule has 1 N–H and O–H groups in total. The molecular weight excluding hydrogens is 413 g/mol. The van der Waals surface area contributed by atoms with Gasteiger partial charge in [-0.1, -0.05) is 18.5 Å². The first-order valence-electron chi connectivity index (χ1n) is 6.99. The summed E-state index contributed by atoms with van der Waals surface area (Å²) in [6.07, 6.45) is 0.0394. The summed E-state index contributed by atoms with van der Waals surface area (Å²) in [7, 11) is 0. The molecule has 0 saturated carbocycles. The molecule has 3 nitrogen and oxygen atoms in total. The summed E-state index contributed by atoms with van der Waals surface area (Å²) in [5, 5.41) is 3.56. The van der Waals surface area contributed by atoms with Crippen molar-refractivity contribution >= 4 is 45.8 Å². The highest BCUT2D eigenvalue weighted by Gasteiger charge is 2.18. The molecule has 0 heterocycles. The minimum absolute atomic E-state index is 0.156. The molecule has 0 fully saturated rings. The topological polar surface area (TPSA) is 38.3 Å². The molecule has 0 aliphatic carbocycles. The van der Waals surface area contributed by atoms with Crippen LogP contribution in [0.5, 0.6) is 5.75 Å². The third-order valence-electron chi connectivity index (χ3n) is 3.18. The Kier molecular flexibility index (Phi) is 6.08. The zero-order valence-corrected chi connectivity index (χ0v) is 15.3. The minimum atomic E-state index is -0.542. The van der Waals surface area contributed by atoms with Gasteiger partial charge in [-0.3, -0.25) is 4.79 Å². The Balaban J connectivity index is 2.05. The van der Waals surface area contributed by atoms with Gasteiger partial charge in [0.2, 0.25) is 0 Å². The lowest BCUT2D eigenvalue weighted by Crippen LogP contribution is -2.32. The average Bonchev–Trinajstić information content (AvgIpc) is 2.50. The van der Waals surface area contributed by atoms with Crippen molar-refractivity contribution in [2.24, 2.45) is 0 Å². The maximum Gasteiger partial charge on any atom is 0.265 e. The number of ether oxygens (including phenoxy) is 1. The molecular formula is C17H17ClINO2. The lowest BCUT2D eigenvalue weighted by Gasteiger charge is -2.18. The van der Waals surface area contributed by atoms with Gasteiger partial charge in [-0.05, 0) is 84.0 Å². The number of benzene rings is 2. The lowest BCUT2D eigenvalue weighted by atomic mass is 10.2. The fourth-order valence-corrected chi connectivity index (χ4v) is 2.41. The SMILES string of the molecule is CCC(Oc1ccc(Cl)c(C)c1)C(=O)Nc1ccc(I)cc1. The normalized spacial score (nSPS) is 11.8. The summed E-state index contributed by atoms with van der Waals surface area (Å²) in [4.78, 5) is 12.3. The molecule has 1 unspecified atom stereocenters. The largest absolute Gasteiger partial charge is 0.481 e. The third kappa shape index (κ3) is 4.61. The number of carbonyl (C=O) groups excluding carboxylic acids is 1. The molecule has 1 atom stereocenters. The number of hydrogen-bond acceptors (Lipinski definition) is 2. The van der Waals surface area contributed by atoms with E-state index < -0.39 is 6.10 Å². The van der Waals surface area contributed by atoms with Crippen LogP contribution in [0.25, 0.3) is 0 Å². The van der Waals surface area contributed by atoms with Crippen LogP contribution < -0.4 is 10.1 Å². The molecule has 0 radical (unpaired) electrons. The van der Waals surface area contributed by atoms with Crippen LogP contribution in [0.15, 0.2) is 42.5 Å². The van der Waals surface area contributed by atoms with Gasteiger partial charge in [-0.15, -0.1) is 0 Å². The highest BCUT2D eigenvalue weighted by Crippen LogP contribution is 2.22. The standard InChI is InChI=1S/C17H17ClINO2/c1-3-16(22-14-8-9-15(18)11(2)10-14)17(21)20-13-6-4-12(19)5-7-13/h4-10,16H,3H2,1-2H3,(H,20,21). The molecule has 2 rings (SSSR count). The van der Waals surface area contributed by atoms with Gasteiger partial charge in [0.1, 0.15) is 5.75 Å². The quantitative estimate of drug-likeness (QED) is 0.676. The predicted molar refractivity (Wildman–Crippen MR) is 98.7 cm³/mol. The van der Waals surface area contributed by atoms with E-state index in [1.165, 1.54) is 0 Å². The predicted octanol–water partition coefficient (Wildman–Crippen LogP) is 5.05. The van der Waals surface area contributed by atoms with Crippen LogP contribution in [0.3, 0.4) is 0 Å². The fourth-order valence-electron chi connectivity index (χ4n) is 1.93. The number of nitrogens with one attached hydrogen (secondary N) is 1. The average molecular weight is 430 g/mol. The van der Waals surface area contributed by atoms with E-state index in [0.29, 0.717) is 17.2 Å². The Bertz CT molecular complexity index is 658. The Morgan fingerprint density at radius 2 is 1.95 bits per heavy atom. The molecule has 0 saturated heterocycles. The van der Waals surface area contributed by atoms with Crippen molar-refractivity contribution in [1.82, 2.24) is 0 Å². The summed E-state index contributed by atoms with van der Waals surface area (Å²) in [6.45, 7) is 3.82. The molecule has 22 heavy (non-hydrogen) atoms. The van der Waals surface area contributed by atoms with E-state index in [4.69, 9.17) is 16.3 Å². The van der Waals surface area contributed by atoms with Crippen molar-refractivity contribution in [2.75, 3.05) is 5.32 Å². The van der Waals surface area contributed by atoms with Crippen molar-refractivity contribution in [2.45, 2.75) is 26.4 Å². The zero-order valence-electron chi connectivity index (χ0n) is 12.4. The van der Waals surface area contributed by atoms with Crippen LogP contribution in [0.4, 0.5) is 5.69 Å². The van der Waals surface area contributed by atoms with Crippen LogP contribution in [0.1, 0.15) is 18.9 Å². The van der Waals surface area contributed by atoms with Crippen molar-refractivity contribution < 1.29 is 9.53 Å². The van der Waals surface area contributed by atoms with E-state index in [0.717, 1.165) is 14.8 Å². The second-order valence-corrected chi connectivity index (χ2v) is 6.57. The number of hydrogen-bond donors (Lipinski definition) is 1. The van der Waals surface area contributed by atoms with Gasteiger partial charge < -0.3 is 10.1 Å². The Hall–Kier alpha value is -1.27. The molecule has 0 bridgehead atoms. The van der Waals surface area contributed by atoms with Gasteiger partial charge in [0.15, 0.2) is 6.10 Å². The second-order valence-electron chi connectivity index (χ2n) is 4.92. The van der Waals surface area contributed by atoms with Gasteiger partial charge in [-0.25, -0.2) is 0 Å². The molecule has 2 aromatic rings. The van der Waals surface area contributed by atoms with Crippen molar-refractivity contribution in [3.8, 4) is 5.75 Å². The van der Waals surface area contributed by atoms with E-state index in [-0.39, 0.29) is 5.91 Å².